The topological polar surface area (TPSA) is 49.3 Å². The molecule has 0 fully saturated rings. The van der Waals surface area contributed by atoms with Crippen molar-refractivity contribution >= 4 is 27.6 Å². The molecule has 17 heavy (non-hydrogen) atoms. The first-order valence-corrected chi connectivity index (χ1v) is 5.48. The maximum absolute atomic E-state index is 13.4. The summed E-state index contributed by atoms with van der Waals surface area (Å²) in [4.78, 5) is 10.3. The van der Waals surface area contributed by atoms with Crippen LogP contribution in [0.5, 0.6) is 0 Å². The van der Waals surface area contributed by atoms with Crippen LogP contribution in [0.3, 0.4) is 0 Å². The largest absolute Gasteiger partial charge is 0.478 e. The van der Waals surface area contributed by atoms with Gasteiger partial charge in [-0.05, 0) is 24.6 Å². The Morgan fingerprint density at radius 2 is 2.00 bits per heavy atom. The zero-order valence-corrected chi connectivity index (χ0v) is 10.5. The van der Waals surface area contributed by atoms with Crippen molar-refractivity contribution in [2.45, 2.75) is 6.92 Å². The van der Waals surface area contributed by atoms with Crippen molar-refractivity contribution in [2.75, 3.05) is 11.9 Å². The number of aliphatic carboxylic acids is 1. The lowest BCUT2D eigenvalue weighted by Crippen LogP contribution is -2.08. The Labute approximate surface area is 105 Å². The van der Waals surface area contributed by atoms with Crippen molar-refractivity contribution in [2.24, 2.45) is 0 Å². The van der Waals surface area contributed by atoms with E-state index in [-0.39, 0.29) is 12.2 Å². The van der Waals surface area contributed by atoms with Crippen molar-refractivity contribution in [3.8, 4) is 0 Å². The van der Waals surface area contributed by atoms with E-state index in [1.807, 2.05) is 0 Å². The first-order chi connectivity index (χ1) is 7.90. The van der Waals surface area contributed by atoms with Gasteiger partial charge in [0.15, 0.2) is 0 Å². The molecule has 1 rings (SSSR count). The van der Waals surface area contributed by atoms with Gasteiger partial charge in [-0.25, -0.2) is 13.6 Å². The lowest BCUT2D eigenvalue weighted by atomic mass is 10.2. The molecule has 0 amide bonds. The molecule has 0 atom stereocenters. The summed E-state index contributed by atoms with van der Waals surface area (Å²) in [5, 5.41) is 11.0. The predicted molar refractivity (Wildman–Crippen MR) is 63.9 cm³/mol. The molecule has 3 nitrogen and oxygen atoms in total. The SMILES string of the molecule is CC(=CC(=O)O)CNc1c(F)cc(Br)cc1F. The summed E-state index contributed by atoms with van der Waals surface area (Å²) in [7, 11) is 0. The fourth-order valence-corrected chi connectivity index (χ4v) is 1.60. The molecule has 0 aromatic heterocycles. The van der Waals surface area contributed by atoms with Gasteiger partial charge in [0.1, 0.15) is 17.3 Å². The van der Waals surface area contributed by atoms with Gasteiger partial charge in [-0.1, -0.05) is 15.9 Å². The van der Waals surface area contributed by atoms with Crippen LogP contribution in [0, 0.1) is 11.6 Å². The van der Waals surface area contributed by atoms with Gasteiger partial charge in [-0.3, -0.25) is 0 Å². The van der Waals surface area contributed by atoms with Crippen LogP contribution in [0.25, 0.3) is 0 Å². The summed E-state index contributed by atoms with van der Waals surface area (Å²) in [5.41, 5.74) is 0.186. The quantitative estimate of drug-likeness (QED) is 0.840. The standard InChI is InChI=1S/C11H10BrF2NO2/c1-6(2-10(16)17)5-15-11-8(13)3-7(12)4-9(11)14/h2-4,15H,5H2,1H3,(H,16,17). The molecule has 0 aliphatic heterocycles. The minimum absolute atomic E-state index is 0.0573. The fraction of sp³-hybridized carbons (Fsp3) is 0.182. The number of hydrogen-bond acceptors (Lipinski definition) is 2. The van der Waals surface area contributed by atoms with Crippen LogP contribution in [-0.2, 0) is 4.79 Å². The van der Waals surface area contributed by atoms with Crippen LogP contribution in [0.15, 0.2) is 28.3 Å². The fourth-order valence-electron chi connectivity index (χ4n) is 1.20. The van der Waals surface area contributed by atoms with E-state index in [2.05, 4.69) is 21.2 Å². The molecule has 0 spiro atoms. The number of halogens is 3. The Morgan fingerprint density at radius 1 is 1.47 bits per heavy atom. The molecule has 2 N–H and O–H groups in total. The van der Waals surface area contributed by atoms with Crippen LogP contribution >= 0.6 is 15.9 Å². The number of carbonyl (C=O) groups is 1. The molecule has 1 aromatic rings. The first kappa shape index (κ1) is 13.6. The van der Waals surface area contributed by atoms with Gasteiger partial charge in [-0.15, -0.1) is 0 Å². The Morgan fingerprint density at radius 3 is 2.47 bits per heavy atom. The number of nitrogens with one attached hydrogen (secondary N) is 1. The van der Waals surface area contributed by atoms with Gasteiger partial charge < -0.3 is 10.4 Å². The highest BCUT2D eigenvalue weighted by atomic mass is 79.9. The summed E-state index contributed by atoms with van der Waals surface area (Å²) in [6, 6.07) is 2.25. The second kappa shape index (κ2) is 5.77. The van der Waals surface area contributed by atoms with Crippen molar-refractivity contribution in [1.29, 1.82) is 0 Å². The van der Waals surface area contributed by atoms with Crippen LogP contribution in [0.2, 0.25) is 0 Å². The van der Waals surface area contributed by atoms with E-state index < -0.39 is 17.6 Å². The number of anilines is 1. The molecular formula is C11H10BrF2NO2. The Balaban J connectivity index is 2.80. The third kappa shape index (κ3) is 4.14. The number of carboxylic acid groups (broad SMARTS) is 1. The lowest BCUT2D eigenvalue weighted by Gasteiger charge is -2.09. The molecule has 0 saturated carbocycles. The van der Waals surface area contributed by atoms with Gasteiger partial charge in [-0.2, -0.15) is 0 Å². The summed E-state index contributed by atoms with van der Waals surface area (Å²) in [6.07, 6.45) is 0.974. The Hall–Kier alpha value is -1.43. The van der Waals surface area contributed by atoms with E-state index >= 15 is 0 Å². The van der Waals surface area contributed by atoms with Crippen molar-refractivity contribution in [1.82, 2.24) is 0 Å². The number of carboxylic acids is 1. The molecule has 0 unspecified atom stereocenters. The highest BCUT2D eigenvalue weighted by Gasteiger charge is 2.09. The highest BCUT2D eigenvalue weighted by molar-refractivity contribution is 9.10. The average Bonchev–Trinajstić information content (AvgIpc) is 2.14. The van der Waals surface area contributed by atoms with E-state index in [0.29, 0.717) is 10.0 Å². The highest BCUT2D eigenvalue weighted by Crippen LogP contribution is 2.23. The van der Waals surface area contributed by atoms with Crippen LogP contribution in [0.1, 0.15) is 6.92 Å². The summed E-state index contributed by atoms with van der Waals surface area (Å²) in [5.74, 6) is -2.57. The van der Waals surface area contributed by atoms with E-state index in [1.165, 1.54) is 0 Å². The molecule has 6 heteroatoms. The summed E-state index contributed by atoms with van der Waals surface area (Å²) < 4.78 is 27.0. The maximum atomic E-state index is 13.4. The summed E-state index contributed by atoms with van der Waals surface area (Å²) >= 11 is 2.96. The van der Waals surface area contributed by atoms with Crippen LogP contribution in [0.4, 0.5) is 14.5 Å². The van der Waals surface area contributed by atoms with Crippen LogP contribution < -0.4 is 5.32 Å². The maximum Gasteiger partial charge on any atom is 0.328 e. The van der Waals surface area contributed by atoms with Gasteiger partial charge in [0, 0.05) is 17.1 Å². The average molecular weight is 306 g/mol. The second-order valence-corrected chi connectivity index (χ2v) is 4.34. The second-order valence-electron chi connectivity index (χ2n) is 3.43. The number of benzene rings is 1. The zero-order chi connectivity index (χ0) is 13.0. The van der Waals surface area contributed by atoms with Gasteiger partial charge in [0.25, 0.3) is 0 Å². The van der Waals surface area contributed by atoms with Crippen molar-refractivity contribution in [3.63, 3.8) is 0 Å². The normalized spacial score (nSPS) is 11.4. The molecule has 0 radical (unpaired) electrons. The van der Waals surface area contributed by atoms with E-state index in [1.54, 1.807) is 6.92 Å². The third-order valence-corrected chi connectivity index (χ3v) is 2.38. The smallest absolute Gasteiger partial charge is 0.328 e. The zero-order valence-electron chi connectivity index (χ0n) is 8.93. The molecule has 0 saturated heterocycles. The third-order valence-electron chi connectivity index (χ3n) is 1.92. The Bertz CT molecular complexity index is 452. The predicted octanol–water partition coefficient (Wildman–Crippen LogP) is 3.17. The molecule has 0 bridgehead atoms. The van der Waals surface area contributed by atoms with Gasteiger partial charge in [0.05, 0.1) is 0 Å². The molecule has 0 heterocycles. The lowest BCUT2D eigenvalue weighted by molar-refractivity contribution is -0.131. The molecule has 1 aromatic carbocycles. The first-order valence-electron chi connectivity index (χ1n) is 4.68. The van der Waals surface area contributed by atoms with Crippen molar-refractivity contribution < 1.29 is 18.7 Å². The minimum Gasteiger partial charge on any atom is -0.478 e. The number of rotatable bonds is 4. The van der Waals surface area contributed by atoms with Crippen LogP contribution in [-0.4, -0.2) is 17.6 Å². The molecule has 0 aliphatic carbocycles. The van der Waals surface area contributed by atoms with Gasteiger partial charge in [0.2, 0.25) is 0 Å². The van der Waals surface area contributed by atoms with E-state index in [4.69, 9.17) is 5.11 Å². The Kier molecular flexibility index (Phi) is 4.62. The number of hydrogen-bond donors (Lipinski definition) is 2. The summed E-state index contributed by atoms with van der Waals surface area (Å²) in [6.45, 7) is 1.61. The van der Waals surface area contributed by atoms with Gasteiger partial charge >= 0.3 is 5.97 Å². The molecular weight excluding hydrogens is 296 g/mol. The molecule has 92 valence electrons. The minimum atomic E-state index is -1.10. The monoisotopic (exact) mass is 305 g/mol. The molecule has 0 aliphatic rings. The van der Waals surface area contributed by atoms with E-state index in [9.17, 15) is 13.6 Å². The van der Waals surface area contributed by atoms with E-state index in [0.717, 1.165) is 18.2 Å². The van der Waals surface area contributed by atoms with Crippen molar-refractivity contribution in [3.05, 3.63) is 39.9 Å².